The van der Waals surface area contributed by atoms with Crippen LogP contribution >= 0.6 is 24.0 Å². The Morgan fingerprint density at radius 2 is 2.00 bits per heavy atom. The Balaban J connectivity index is 0.00000288. The predicted octanol–water partition coefficient (Wildman–Crippen LogP) is 3.89. The molecule has 3 N–H and O–H groups in total. The Morgan fingerprint density at radius 3 is 2.58 bits per heavy atom. The van der Waals surface area contributed by atoms with Crippen molar-refractivity contribution in [2.24, 2.45) is 10.7 Å². The zero-order valence-corrected chi connectivity index (χ0v) is 15.3. The molecule has 1 saturated heterocycles. The molecule has 0 saturated carbocycles. The fraction of sp³-hybridized carbons (Fsp3) is 0.533. The molecule has 1 fully saturated rings. The van der Waals surface area contributed by atoms with E-state index in [1.807, 2.05) is 0 Å². The minimum atomic E-state index is -4.70. The first-order valence-corrected chi connectivity index (χ1v) is 7.47. The van der Waals surface area contributed by atoms with Gasteiger partial charge in [-0.05, 0) is 49.9 Å². The van der Waals surface area contributed by atoms with Crippen LogP contribution in [0.2, 0.25) is 0 Å². The van der Waals surface area contributed by atoms with Crippen LogP contribution < -0.4 is 15.8 Å². The van der Waals surface area contributed by atoms with Gasteiger partial charge in [-0.15, -0.1) is 37.1 Å². The zero-order chi connectivity index (χ0) is 16.7. The van der Waals surface area contributed by atoms with Gasteiger partial charge in [0, 0.05) is 18.8 Å². The first-order valence-electron chi connectivity index (χ1n) is 7.47. The number of aliphatic imine (C=N–C) groups is 1. The van der Waals surface area contributed by atoms with Crippen LogP contribution in [-0.4, -0.2) is 31.6 Å². The second-order valence-electron chi connectivity index (χ2n) is 5.24. The maximum atomic E-state index is 12.1. The molecule has 1 aromatic carbocycles. The van der Waals surface area contributed by atoms with E-state index >= 15 is 0 Å². The summed E-state index contributed by atoms with van der Waals surface area (Å²) in [6.45, 7) is 1.34. The molecule has 0 aliphatic carbocycles. The highest BCUT2D eigenvalue weighted by atomic mass is 127. The fourth-order valence-electron chi connectivity index (χ4n) is 2.29. The molecule has 1 heterocycles. The molecule has 0 radical (unpaired) electrons. The van der Waals surface area contributed by atoms with E-state index in [4.69, 9.17) is 10.5 Å². The summed E-state index contributed by atoms with van der Waals surface area (Å²) in [6.07, 6.45) is -0.327. The van der Waals surface area contributed by atoms with Crippen LogP contribution in [0.15, 0.2) is 29.3 Å². The average Bonchev–Trinajstić information content (AvgIpc) is 2.49. The molecule has 1 aliphatic heterocycles. The summed E-state index contributed by atoms with van der Waals surface area (Å²) in [5.74, 6) is -0.0710. The van der Waals surface area contributed by atoms with Gasteiger partial charge >= 0.3 is 6.36 Å². The summed E-state index contributed by atoms with van der Waals surface area (Å²) in [5, 5.41) is 2.82. The normalized spacial score (nSPS) is 18.6. The standard InChI is InChI=1S/C15H20F3N3O2.HI/c16-15(17,18)23-13-6-4-11(5-7-13)21-14(19)20-9-8-12-3-1-2-10-22-12;/h4-7,12H,1-3,8-10H2,(H3,19,20,21);1H. The van der Waals surface area contributed by atoms with Crippen molar-refractivity contribution in [2.75, 3.05) is 18.5 Å². The highest BCUT2D eigenvalue weighted by Crippen LogP contribution is 2.23. The van der Waals surface area contributed by atoms with Crippen molar-refractivity contribution in [1.29, 1.82) is 0 Å². The van der Waals surface area contributed by atoms with E-state index in [9.17, 15) is 13.2 Å². The molecule has 1 unspecified atom stereocenters. The van der Waals surface area contributed by atoms with Crippen molar-refractivity contribution < 1.29 is 22.6 Å². The molecule has 0 spiro atoms. The molecule has 136 valence electrons. The number of nitrogens with two attached hydrogens (primary N) is 1. The highest BCUT2D eigenvalue weighted by Gasteiger charge is 2.30. The number of hydrogen-bond acceptors (Lipinski definition) is 3. The number of alkyl halides is 3. The lowest BCUT2D eigenvalue weighted by Crippen LogP contribution is -2.24. The maximum Gasteiger partial charge on any atom is 0.573 e. The quantitative estimate of drug-likeness (QED) is 0.399. The van der Waals surface area contributed by atoms with E-state index in [1.54, 1.807) is 0 Å². The van der Waals surface area contributed by atoms with E-state index in [1.165, 1.54) is 30.7 Å². The first-order chi connectivity index (χ1) is 10.9. The number of nitrogens with zero attached hydrogens (tertiary/aromatic N) is 1. The lowest BCUT2D eigenvalue weighted by atomic mass is 10.1. The second kappa shape index (κ2) is 9.92. The third kappa shape index (κ3) is 8.04. The van der Waals surface area contributed by atoms with Gasteiger partial charge in [-0.1, -0.05) is 0 Å². The van der Waals surface area contributed by atoms with Crippen molar-refractivity contribution in [3.05, 3.63) is 24.3 Å². The fourth-order valence-corrected chi connectivity index (χ4v) is 2.29. The van der Waals surface area contributed by atoms with Crippen LogP contribution in [-0.2, 0) is 4.74 Å². The number of nitrogens with one attached hydrogen (secondary N) is 1. The molecule has 0 amide bonds. The number of benzene rings is 1. The van der Waals surface area contributed by atoms with Crippen LogP contribution in [0.25, 0.3) is 0 Å². The molecule has 1 aliphatic rings. The third-order valence-electron chi connectivity index (χ3n) is 3.37. The molecule has 24 heavy (non-hydrogen) atoms. The van der Waals surface area contributed by atoms with Crippen molar-refractivity contribution >= 4 is 35.6 Å². The Hall–Kier alpha value is -1.23. The van der Waals surface area contributed by atoms with Gasteiger partial charge in [-0.3, -0.25) is 4.99 Å². The van der Waals surface area contributed by atoms with Gasteiger partial charge in [0.15, 0.2) is 5.96 Å². The molecular weight excluding hydrogens is 438 g/mol. The van der Waals surface area contributed by atoms with Gasteiger partial charge in [0.1, 0.15) is 5.75 Å². The summed E-state index contributed by atoms with van der Waals surface area (Å²) >= 11 is 0. The van der Waals surface area contributed by atoms with Crippen LogP contribution in [0.3, 0.4) is 0 Å². The Kier molecular flexibility index (Phi) is 8.60. The lowest BCUT2D eigenvalue weighted by molar-refractivity contribution is -0.274. The average molecular weight is 459 g/mol. The van der Waals surface area contributed by atoms with Gasteiger partial charge < -0.3 is 20.5 Å². The summed E-state index contributed by atoms with van der Waals surface area (Å²) in [7, 11) is 0. The SMILES string of the molecule is I.NC(=NCCC1CCCCO1)Nc1ccc(OC(F)(F)F)cc1. The van der Waals surface area contributed by atoms with Gasteiger partial charge in [-0.2, -0.15) is 0 Å². The monoisotopic (exact) mass is 459 g/mol. The van der Waals surface area contributed by atoms with Crippen LogP contribution in [0, 0.1) is 0 Å². The summed E-state index contributed by atoms with van der Waals surface area (Å²) in [6, 6.07) is 5.29. The minimum Gasteiger partial charge on any atom is -0.406 e. The number of anilines is 1. The maximum absolute atomic E-state index is 12.1. The van der Waals surface area contributed by atoms with E-state index in [0.717, 1.165) is 25.9 Å². The van der Waals surface area contributed by atoms with Gasteiger partial charge in [-0.25, -0.2) is 0 Å². The molecule has 5 nitrogen and oxygen atoms in total. The van der Waals surface area contributed by atoms with Crippen LogP contribution in [0.4, 0.5) is 18.9 Å². The predicted molar refractivity (Wildman–Crippen MR) is 96.9 cm³/mol. The van der Waals surface area contributed by atoms with Crippen molar-refractivity contribution in [3.8, 4) is 5.75 Å². The Labute approximate surface area is 155 Å². The molecule has 9 heteroatoms. The number of halogens is 4. The second-order valence-corrected chi connectivity index (χ2v) is 5.24. The molecule has 0 bridgehead atoms. The van der Waals surface area contributed by atoms with Crippen molar-refractivity contribution in [2.45, 2.75) is 38.1 Å². The molecule has 1 aromatic rings. The summed E-state index contributed by atoms with van der Waals surface area (Å²) in [4.78, 5) is 4.19. The number of guanidine groups is 1. The largest absolute Gasteiger partial charge is 0.573 e. The smallest absolute Gasteiger partial charge is 0.406 e. The molecule has 0 aromatic heterocycles. The van der Waals surface area contributed by atoms with Gasteiger partial charge in [0.25, 0.3) is 0 Å². The number of hydrogen-bond donors (Lipinski definition) is 2. The van der Waals surface area contributed by atoms with Crippen LogP contribution in [0.5, 0.6) is 5.75 Å². The third-order valence-corrected chi connectivity index (χ3v) is 3.37. The lowest BCUT2D eigenvalue weighted by Gasteiger charge is -2.21. The first kappa shape index (κ1) is 20.8. The summed E-state index contributed by atoms with van der Waals surface area (Å²) in [5.41, 5.74) is 6.28. The van der Waals surface area contributed by atoms with Crippen LogP contribution in [0.1, 0.15) is 25.7 Å². The van der Waals surface area contributed by atoms with Gasteiger partial charge in [0.05, 0.1) is 6.10 Å². The van der Waals surface area contributed by atoms with Crippen molar-refractivity contribution in [3.63, 3.8) is 0 Å². The molecule has 2 rings (SSSR count). The Morgan fingerprint density at radius 1 is 1.29 bits per heavy atom. The minimum absolute atomic E-state index is 0. The molecular formula is C15H21F3IN3O2. The zero-order valence-electron chi connectivity index (χ0n) is 13.0. The van der Waals surface area contributed by atoms with E-state index in [2.05, 4.69) is 15.0 Å². The Bertz CT molecular complexity index is 518. The van der Waals surface area contributed by atoms with E-state index in [-0.39, 0.29) is 41.8 Å². The number of ether oxygens (including phenoxy) is 2. The van der Waals surface area contributed by atoms with Gasteiger partial charge in [0.2, 0.25) is 0 Å². The number of rotatable bonds is 5. The molecule has 1 atom stereocenters. The topological polar surface area (TPSA) is 68.9 Å². The van der Waals surface area contributed by atoms with E-state index < -0.39 is 6.36 Å². The highest BCUT2D eigenvalue weighted by molar-refractivity contribution is 14.0. The van der Waals surface area contributed by atoms with Crippen molar-refractivity contribution in [1.82, 2.24) is 0 Å². The van der Waals surface area contributed by atoms with E-state index in [0.29, 0.717) is 12.2 Å². The summed E-state index contributed by atoms with van der Waals surface area (Å²) < 4.78 is 45.6.